The first kappa shape index (κ1) is 18.4. The fraction of sp³-hybridized carbons (Fsp3) is 0.160. The second kappa shape index (κ2) is 5.60. The Kier molecular flexibility index (Phi) is 3.12. The van der Waals surface area contributed by atoms with Crippen LogP contribution in [0.2, 0.25) is 0 Å². The van der Waals surface area contributed by atoms with Crippen molar-refractivity contribution in [3.63, 3.8) is 0 Å². The predicted molar refractivity (Wildman–Crippen MR) is 115 cm³/mol. The summed E-state index contributed by atoms with van der Waals surface area (Å²) in [5.41, 5.74) is -0.0557. The fourth-order valence-electron chi connectivity index (χ4n) is 5.46. The third-order valence-corrected chi connectivity index (χ3v) is 7.04. The summed E-state index contributed by atoms with van der Waals surface area (Å²) in [5.74, 6) is -1.22. The van der Waals surface area contributed by atoms with E-state index in [0.29, 0.717) is 16.5 Å². The van der Waals surface area contributed by atoms with Crippen LogP contribution in [-0.4, -0.2) is 38.2 Å². The lowest BCUT2D eigenvalue weighted by atomic mass is 9.77. The van der Waals surface area contributed by atoms with Gasteiger partial charge in [0.15, 0.2) is 17.2 Å². The van der Waals surface area contributed by atoms with Gasteiger partial charge in [-0.15, -0.1) is 0 Å². The number of fused-ring (bicyclic) bond motifs is 7. The maximum absolute atomic E-state index is 13.5. The lowest BCUT2D eigenvalue weighted by molar-refractivity contribution is 0.0884. The molecule has 2 aliphatic carbocycles. The number of ether oxygens (including phenoxy) is 1. The number of epoxide rings is 1. The Morgan fingerprint density at radius 1 is 0.909 bits per heavy atom. The zero-order valence-corrected chi connectivity index (χ0v) is 17.2. The summed E-state index contributed by atoms with van der Waals surface area (Å²) in [6.45, 7) is 1.65. The highest BCUT2D eigenvalue weighted by Gasteiger charge is 2.67. The molecule has 0 amide bonds. The molecule has 2 heterocycles. The third-order valence-electron chi connectivity index (χ3n) is 7.04. The van der Waals surface area contributed by atoms with E-state index in [4.69, 9.17) is 9.26 Å². The van der Waals surface area contributed by atoms with Gasteiger partial charge in [-0.3, -0.25) is 9.59 Å². The van der Waals surface area contributed by atoms with Crippen LogP contribution in [0.1, 0.15) is 44.8 Å². The van der Waals surface area contributed by atoms with Gasteiger partial charge in [-0.1, -0.05) is 24.3 Å². The molecule has 2 N–H and O–H groups in total. The van der Waals surface area contributed by atoms with Crippen LogP contribution >= 0.6 is 0 Å². The maximum Gasteiger partial charge on any atom is 0.365 e. The number of phenolic OH excluding ortho intramolecular Hbond substituents is 2. The Bertz CT molecular complexity index is 1660. The number of aromatic nitrogens is 1. The number of phenols is 2. The zero-order valence-electron chi connectivity index (χ0n) is 17.2. The van der Waals surface area contributed by atoms with Crippen molar-refractivity contribution in [2.75, 3.05) is 0 Å². The van der Waals surface area contributed by atoms with Crippen LogP contribution in [0.25, 0.3) is 22.0 Å². The number of carbonyl (C=O) groups excluding carboxylic acids is 2. The first-order chi connectivity index (χ1) is 15.8. The van der Waals surface area contributed by atoms with Crippen LogP contribution in [0.3, 0.4) is 0 Å². The van der Waals surface area contributed by atoms with Gasteiger partial charge < -0.3 is 19.5 Å². The molecule has 162 valence electrons. The second-order valence-electron chi connectivity index (χ2n) is 8.78. The van der Waals surface area contributed by atoms with E-state index >= 15 is 0 Å². The van der Waals surface area contributed by atoms with Gasteiger partial charge in [0, 0.05) is 33.4 Å². The van der Waals surface area contributed by atoms with E-state index in [2.05, 4.69) is 0 Å². The summed E-state index contributed by atoms with van der Waals surface area (Å²) in [5, 5.41) is 21.7. The average Bonchev–Trinajstić information content (AvgIpc) is 3.26. The first-order valence-corrected chi connectivity index (χ1v) is 10.4. The molecule has 7 rings (SSSR count). The normalized spacial score (nSPS) is 24.4. The smallest absolute Gasteiger partial charge is 0.365 e. The van der Waals surface area contributed by atoms with Crippen molar-refractivity contribution in [1.29, 1.82) is 0 Å². The number of benzene rings is 3. The average molecular weight is 441 g/mol. The third kappa shape index (κ3) is 2.02. The number of nitrogens with zero attached hydrogens (tertiary/aromatic N) is 1. The molecule has 0 bridgehead atoms. The topological polar surface area (TPSA) is 122 Å². The van der Waals surface area contributed by atoms with E-state index in [1.165, 1.54) is 16.9 Å². The first-order valence-electron chi connectivity index (χ1n) is 10.4. The second-order valence-corrected chi connectivity index (χ2v) is 8.78. The van der Waals surface area contributed by atoms with Crippen LogP contribution < -0.4 is 5.63 Å². The highest BCUT2D eigenvalue weighted by Crippen LogP contribution is 2.58. The lowest BCUT2D eigenvalue weighted by Gasteiger charge is -2.27. The summed E-state index contributed by atoms with van der Waals surface area (Å²) < 4.78 is 12.9. The van der Waals surface area contributed by atoms with Crippen molar-refractivity contribution < 1.29 is 29.1 Å². The molecule has 0 saturated carbocycles. The molecule has 8 nitrogen and oxygen atoms in total. The van der Waals surface area contributed by atoms with E-state index in [0.717, 1.165) is 0 Å². The van der Waals surface area contributed by atoms with Gasteiger partial charge >= 0.3 is 5.63 Å². The molecule has 0 radical (unpaired) electrons. The molecule has 1 saturated heterocycles. The number of ketones is 2. The zero-order chi connectivity index (χ0) is 22.8. The van der Waals surface area contributed by atoms with Gasteiger partial charge in [-0.2, -0.15) is 4.74 Å². The molecular weight excluding hydrogens is 426 g/mol. The van der Waals surface area contributed by atoms with Crippen molar-refractivity contribution in [1.82, 2.24) is 4.74 Å². The van der Waals surface area contributed by atoms with Crippen LogP contribution in [0.4, 0.5) is 0 Å². The Morgan fingerprint density at radius 3 is 2.52 bits per heavy atom. The molecule has 4 aromatic rings. The quantitative estimate of drug-likeness (QED) is 0.383. The van der Waals surface area contributed by atoms with Gasteiger partial charge in [0.2, 0.25) is 0 Å². The van der Waals surface area contributed by atoms with E-state index in [1.54, 1.807) is 43.3 Å². The molecule has 1 aliphatic heterocycles. The predicted octanol–water partition coefficient (Wildman–Crippen LogP) is 3.16. The molecular formula is C25H15NO7. The lowest BCUT2D eigenvalue weighted by Crippen LogP contribution is -2.36. The van der Waals surface area contributed by atoms with Crippen molar-refractivity contribution in [2.45, 2.75) is 24.7 Å². The van der Waals surface area contributed by atoms with E-state index < -0.39 is 29.2 Å². The Labute approximate surface area is 185 Å². The van der Waals surface area contributed by atoms with E-state index in [9.17, 15) is 24.6 Å². The summed E-state index contributed by atoms with van der Waals surface area (Å²) in [7, 11) is 0. The number of Topliss-reactive ketones (excluding diaryl/α,β-unsaturated/α-hetero) is 1. The van der Waals surface area contributed by atoms with Crippen molar-refractivity contribution in [3.8, 4) is 22.6 Å². The Hall–Kier alpha value is -4.17. The number of para-hydroxylation sites is 1. The van der Waals surface area contributed by atoms with Crippen LogP contribution in [-0.2, 0) is 4.74 Å². The monoisotopic (exact) mass is 441 g/mol. The largest absolute Gasteiger partial charge is 0.507 e. The number of carbonyl (C=O) groups is 2. The highest BCUT2D eigenvalue weighted by molar-refractivity contribution is 6.26. The molecule has 0 spiro atoms. The van der Waals surface area contributed by atoms with Crippen molar-refractivity contribution >= 4 is 22.5 Å². The minimum Gasteiger partial charge on any atom is -0.507 e. The van der Waals surface area contributed by atoms with Crippen LogP contribution in [0.5, 0.6) is 11.5 Å². The van der Waals surface area contributed by atoms with Crippen LogP contribution in [0, 0.1) is 0 Å². The summed E-state index contributed by atoms with van der Waals surface area (Å²) in [4.78, 5) is 39.4. The molecule has 0 unspecified atom stereocenters. The molecule has 3 atom stereocenters. The Morgan fingerprint density at radius 2 is 1.70 bits per heavy atom. The molecule has 1 fully saturated rings. The van der Waals surface area contributed by atoms with Gasteiger partial charge in [-0.05, 0) is 31.2 Å². The SMILES string of the molecule is C[C@]12O[C@H]1[C@H](n1oc(=O)c3ccccc31)c1c(cc(O)c3c1C(=O)c1cccc(O)c1-3)C2=O. The summed E-state index contributed by atoms with van der Waals surface area (Å²) >= 11 is 0. The molecule has 3 aliphatic rings. The van der Waals surface area contributed by atoms with E-state index in [-0.39, 0.29) is 45.1 Å². The summed E-state index contributed by atoms with van der Waals surface area (Å²) in [6, 6.07) is 11.9. The van der Waals surface area contributed by atoms with Crippen molar-refractivity contribution in [3.05, 3.63) is 81.2 Å². The number of hydrogen-bond donors (Lipinski definition) is 2. The van der Waals surface area contributed by atoms with Gasteiger partial charge in [0.25, 0.3) is 0 Å². The van der Waals surface area contributed by atoms with Gasteiger partial charge in [0.05, 0.1) is 10.9 Å². The number of rotatable bonds is 1. The number of hydrogen-bond acceptors (Lipinski definition) is 7. The molecule has 8 heteroatoms. The van der Waals surface area contributed by atoms with Gasteiger partial charge in [-0.25, -0.2) is 4.79 Å². The Balaban J connectivity index is 1.61. The summed E-state index contributed by atoms with van der Waals surface area (Å²) in [6.07, 6.45) is -0.671. The van der Waals surface area contributed by atoms with Gasteiger partial charge in [0.1, 0.15) is 23.6 Å². The fourth-order valence-corrected chi connectivity index (χ4v) is 5.46. The molecule has 1 aromatic heterocycles. The van der Waals surface area contributed by atoms with Crippen LogP contribution in [0.15, 0.2) is 57.8 Å². The minimum absolute atomic E-state index is 0.109. The standard InChI is InChI=1S/C25H15NO7/c1-25-22(30)12-9-15(28)18-16-11(6-4-8-14(16)27)21(29)19(18)17(12)20(23(25)32-25)26-13-7-3-2-5-10(13)24(31)33-26/h2-9,20,23,27-28H,1H3/t20-,23+,25-/m1/s1. The maximum atomic E-state index is 13.5. The highest BCUT2D eigenvalue weighted by atomic mass is 16.6. The van der Waals surface area contributed by atoms with Crippen molar-refractivity contribution in [2.24, 2.45) is 0 Å². The molecule has 3 aromatic carbocycles. The molecule has 33 heavy (non-hydrogen) atoms. The van der Waals surface area contributed by atoms with E-state index in [1.807, 2.05) is 0 Å². The minimum atomic E-state index is -1.17. The number of aromatic hydroxyl groups is 2.